The second kappa shape index (κ2) is 6.18. The largest absolute Gasteiger partial charge is 0.350 e. The summed E-state index contributed by atoms with van der Waals surface area (Å²) in [6.45, 7) is 1.09. The van der Waals surface area contributed by atoms with Gasteiger partial charge in [-0.2, -0.15) is 16.3 Å². The molecule has 1 aromatic heterocycles. The first-order chi connectivity index (χ1) is 11.6. The molecule has 0 N–H and O–H groups in total. The van der Waals surface area contributed by atoms with Crippen LogP contribution < -0.4 is 0 Å². The average molecular weight is 361 g/mol. The van der Waals surface area contributed by atoms with E-state index in [0.29, 0.717) is 37.2 Å². The van der Waals surface area contributed by atoms with Gasteiger partial charge in [0.05, 0.1) is 11.3 Å². The van der Waals surface area contributed by atoms with E-state index >= 15 is 0 Å². The SMILES string of the molecule is O=C(c1ccsc1)N1CCC(N2C(=O)N=C3C=CSC3C2=O)CC1. The first-order valence-electron chi connectivity index (χ1n) is 7.74. The van der Waals surface area contributed by atoms with Crippen molar-refractivity contribution in [1.82, 2.24) is 9.80 Å². The lowest BCUT2D eigenvalue weighted by atomic mass is 10.0. The molecule has 4 heterocycles. The van der Waals surface area contributed by atoms with Crippen molar-refractivity contribution in [1.29, 1.82) is 0 Å². The van der Waals surface area contributed by atoms with Gasteiger partial charge in [-0.05, 0) is 35.8 Å². The van der Waals surface area contributed by atoms with Crippen molar-refractivity contribution in [3.8, 4) is 0 Å². The minimum absolute atomic E-state index is 0.0156. The minimum Gasteiger partial charge on any atom is -0.338 e. The summed E-state index contributed by atoms with van der Waals surface area (Å²) in [5.74, 6) is -0.163. The maximum Gasteiger partial charge on any atom is 0.350 e. The third-order valence-electron chi connectivity index (χ3n) is 4.50. The topological polar surface area (TPSA) is 70.1 Å². The molecule has 1 atom stereocenters. The number of thiophene rings is 1. The third kappa shape index (κ3) is 2.59. The highest BCUT2D eigenvalue weighted by molar-refractivity contribution is 8.04. The molecule has 6 nitrogen and oxygen atoms in total. The van der Waals surface area contributed by atoms with Crippen molar-refractivity contribution < 1.29 is 14.4 Å². The van der Waals surface area contributed by atoms with E-state index in [1.54, 1.807) is 16.4 Å². The maximum absolute atomic E-state index is 12.6. The number of piperidine rings is 1. The van der Waals surface area contributed by atoms with Crippen LogP contribution in [0.15, 0.2) is 33.3 Å². The fourth-order valence-corrected chi connectivity index (χ4v) is 4.75. The van der Waals surface area contributed by atoms with Crippen LogP contribution in [-0.4, -0.2) is 57.7 Å². The number of imide groups is 1. The first kappa shape index (κ1) is 15.6. The first-order valence-corrected chi connectivity index (χ1v) is 9.63. The van der Waals surface area contributed by atoms with Crippen molar-refractivity contribution in [3.05, 3.63) is 33.9 Å². The lowest BCUT2D eigenvalue weighted by Gasteiger charge is -2.38. The molecule has 0 aromatic carbocycles. The number of urea groups is 1. The molecule has 3 aliphatic rings. The molecule has 8 heteroatoms. The molecule has 1 aromatic rings. The summed E-state index contributed by atoms with van der Waals surface area (Å²) < 4.78 is 0. The predicted octanol–water partition coefficient (Wildman–Crippen LogP) is 2.39. The van der Waals surface area contributed by atoms with E-state index in [9.17, 15) is 14.4 Å². The molecular formula is C16H15N3O3S2. The van der Waals surface area contributed by atoms with Crippen LogP contribution in [0.25, 0.3) is 0 Å². The Labute approximate surface area is 147 Å². The minimum atomic E-state index is -0.471. The number of amides is 4. The number of thioether (sulfide) groups is 1. The zero-order valence-electron chi connectivity index (χ0n) is 12.8. The third-order valence-corrected chi connectivity index (χ3v) is 6.19. The smallest absolute Gasteiger partial charge is 0.338 e. The number of likely N-dealkylation sites (tertiary alicyclic amines) is 1. The van der Waals surface area contributed by atoms with Crippen molar-refractivity contribution in [2.24, 2.45) is 4.99 Å². The number of fused-ring (bicyclic) bond motifs is 1. The monoisotopic (exact) mass is 361 g/mol. The highest BCUT2D eigenvalue weighted by Gasteiger charge is 2.42. The number of hydrogen-bond donors (Lipinski definition) is 0. The highest BCUT2D eigenvalue weighted by Crippen LogP contribution is 2.31. The Balaban J connectivity index is 1.44. The summed E-state index contributed by atoms with van der Waals surface area (Å²) >= 11 is 2.89. The van der Waals surface area contributed by atoms with E-state index in [-0.39, 0.29) is 23.1 Å². The van der Waals surface area contributed by atoms with Crippen molar-refractivity contribution >= 4 is 46.7 Å². The fourth-order valence-electron chi connectivity index (χ4n) is 3.24. The van der Waals surface area contributed by atoms with Gasteiger partial charge in [-0.15, -0.1) is 11.8 Å². The molecule has 4 rings (SSSR count). The van der Waals surface area contributed by atoms with Crippen molar-refractivity contribution in [2.75, 3.05) is 13.1 Å². The van der Waals surface area contributed by atoms with Gasteiger partial charge in [0.25, 0.3) is 11.8 Å². The van der Waals surface area contributed by atoms with Crippen molar-refractivity contribution in [3.63, 3.8) is 0 Å². The number of allylic oxidation sites excluding steroid dienone is 1. The summed E-state index contributed by atoms with van der Waals surface area (Å²) in [4.78, 5) is 44.4. The van der Waals surface area contributed by atoms with Gasteiger partial charge < -0.3 is 4.90 Å². The lowest BCUT2D eigenvalue weighted by Crippen LogP contribution is -2.55. The average Bonchev–Trinajstić information content (AvgIpc) is 3.26. The highest BCUT2D eigenvalue weighted by atomic mass is 32.2. The molecular weight excluding hydrogens is 346 g/mol. The zero-order valence-corrected chi connectivity index (χ0v) is 14.4. The molecule has 0 saturated carbocycles. The number of carbonyl (C=O) groups is 3. The summed E-state index contributed by atoms with van der Waals surface area (Å²) in [5, 5.41) is 5.15. The number of carbonyl (C=O) groups excluding carboxylic acids is 3. The van der Waals surface area contributed by atoms with Crippen LogP contribution in [0.1, 0.15) is 23.2 Å². The Morgan fingerprint density at radius 1 is 1.25 bits per heavy atom. The molecule has 1 saturated heterocycles. The van der Waals surface area contributed by atoms with Crippen LogP contribution >= 0.6 is 23.1 Å². The van der Waals surface area contributed by atoms with E-state index in [0.717, 1.165) is 0 Å². The van der Waals surface area contributed by atoms with E-state index in [1.165, 1.54) is 28.0 Å². The van der Waals surface area contributed by atoms with Gasteiger partial charge in [-0.3, -0.25) is 14.5 Å². The van der Waals surface area contributed by atoms with Crippen LogP contribution in [-0.2, 0) is 4.79 Å². The van der Waals surface area contributed by atoms with Crippen LogP contribution in [0.3, 0.4) is 0 Å². The number of rotatable bonds is 2. The van der Waals surface area contributed by atoms with Crippen LogP contribution in [0.2, 0.25) is 0 Å². The van der Waals surface area contributed by atoms with Gasteiger partial charge in [-0.25, -0.2) is 4.79 Å². The maximum atomic E-state index is 12.6. The van der Waals surface area contributed by atoms with Crippen LogP contribution in [0, 0.1) is 0 Å². The Bertz CT molecular complexity index is 749. The molecule has 0 bridgehead atoms. The van der Waals surface area contributed by atoms with E-state index in [4.69, 9.17) is 0 Å². The van der Waals surface area contributed by atoms with Gasteiger partial charge in [0.15, 0.2) is 0 Å². The molecule has 3 aliphatic heterocycles. The second-order valence-electron chi connectivity index (χ2n) is 5.88. The summed E-state index contributed by atoms with van der Waals surface area (Å²) in [6, 6.07) is 1.17. The molecule has 0 spiro atoms. The predicted molar refractivity (Wildman–Crippen MR) is 93.4 cm³/mol. The fraction of sp³-hybridized carbons (Fsp3) is 0.375. The number of hydrogen-bond acceptors (Lipinski definition) is 5. The Morgan fingerprint density at radius 3 is 2.75 bits per heavy atom. The van der Waals surface area contributed by atoms with Gasteiger partial charge in [0.2, 0.25) is 0 Å². The molecule has 1 fully saturated rings. The van der Waals surface area contributed by atoms with Gasteiger partial charge in [0.1, 0.15) is 5.25 Å². The number of nitrogens with zero attached hydrogens (tertiary/aromatic N) is 3. The van der Waals surface area contributed by atoms with Gasteiger partial charge in [-0.1, -0.05) is 0 Å². The van der Waals surface area contributed by atoms with Crippen LogP contribution in [0.5, 0.6) is 0 Å². The normalized spacial score (nSPS) is 24.3. The zero-order chi connectivity index (χ0) is 16.7. The van der Waals surface area contributed by atoms with Gasteiger partial charge >= 0.3 is 6.03 Å². The van der Waals surface area contributed by atoms with E-state index < -0.39 is 6.03 Å². The summed E-state index contributed by atoms with van der Waals surface area (Å²) in [5.41, 5.74) is 1.25. The second-order valence-corrected chi connectivity index (χ2v) is 7.68. The lowest BCUT2D eigenvalue weighted by molar-refractivity contribution is -0.129. The molecule has 124 valence electrons. The molecule has 1 unspecified atom stereocenters. The van der Waals surface area contributed by atoms with Gasteiger partial charge in [0, 0.05) is 24.5 Å². The number of aliphatic imine (C=N–C) groups is 1. The standard InChI is InChI=1S/C16H15N3O3S2/c20-14(10-3-7-23-9-10)18-5-1-11(2-6-18)19-15(21)13-12(4-8-24-13)17-16(19)22/h3-4,7-9,11,13H,1-2,5-6H2. The molecule has 24 heavy (non-hydrogen) atoms. The molecule has 4 amide bonds. The Kier molecular flexibility index (Phi) is 4.01. The summed E-state index contributed by atoms with van der Waals surface area (Å²) in [7, 11) is 0. The van der Waals surface area contributed by atoms with Crippen molar-refractivity contribution in [2.45, 2.75) is 24.1 Å². The molecule has 0 aliphatic carbocycles. The molecule has 0 radical (unpaired) electrons. The quantitative estimate of drug-likeness (QED) is 0.811. The Morgan fingerprint density at radius 2 is 2.04 bits per heavy atom. The van der Waals surface area contributed by atoms with Crippen LogP contribution in [0.4, 0.5) is 4.79 Å². The summed E-state index contributed by atoms with van der Waals surface area (Å²) in [6.07, 6.45) is 2.93. The Hall–Kier alpha value is -1.93. The van der Waals surface area contributed by atoms with E-state index in [1.807, 2.05) is 16.8 Å². The van der Waals surface area contributed by atoms with E-state index in [2.05, 4.69) is 4.99 Å².